The van der Waals surface area contributed by atoms with Crippen molar-refractivity contribution in [2.75, 3.05) is 0 Å². The molecule has 0 amide bonds. The zero-order chi connectivity index (χ0) is 13.0. The molecule has 2 heterocycles. The average molecular weight is 261 g/mol. The normalized spacial score (nSPS) is 12.6. The zero-order valence-electron chi connectivity index (χ0n) is 10.9. The molecule has 2 N–H and O–H groups in total. The van der Waals surface area contributed by atoms with Crippen molar-refractivity contribution in [1.29, 1.82) is 0 Å². The average Bonchev–Trinajstić information content (AvgIpc) is 2.67. The summed E-state index contributed by atoms with van der Waals surface area (Å²) in [6.07, 6.45) is 6.53. The van der Waals surface area contributed by atoms with Crippen LogP contribution in [0.15, 0.2) is 24.5 Å². The Kier molecular flexibility index (Phi) is 4.44. The molecule has 0 aliphatic heterocycles. The molecule has 0 aliphatic carbocycles. The van der Waals surface area contributed by atoms with Crippen molar-refractivity contribution in [1.82, 2.24) is 9.97 Å². The van der Waals surface area contributed by atoms with E-state index >= 15 is 0 Å². The molecule has 0 radical (unpaired) electrons. The lowest BCUT2D eigenvalue weighted by Gasteiger charge is -2.09. The van der Waals surface area contributed by atoms with Gasteiger partial charge in [0.1, 0.15) is 0 Å². The fourth-order valence-electron chi connectivity index (χ4n) is 1.85. The van der Waals surface area contributed by atoms with Crippen LogP contribution in [0.1, 0.15) is 27.6 Å². The number of rotatable bonds is 5. The van der Waals surface area contributed by atoms with Crippen LogP contribution < -0.4 is 5.73 Å². The first kappa shape index (κ1) is 13.2. The molecule has 2 aromatic rings. The SMILES string of the molecule is Cc1nc(CC(N)CCc2ccncc2)sc1C. The summed E-state index contributed by atoms with van der Waals surface area (Å²) in [5.41, 5.74) is 8.60. The van der Waals surface area contributed by atoms with Gasteiger partial charge >= 0.3 is 0 Å². The lowest BCUT2D eigenvalue weighted by molar-refractivity contribution is 0.608. The van der Waals surface area contributed by atoms with Gasteiger partial charge in [0.2, 0.25) is 0 Å². The third kappa shape index (κ3) is 3.62. The lowest BCUT2D eigenvalue weighted by Crippen LogP contribution is -2.23. The van der Waals surface area contributed by atoms with Gasteiger partial charge in [-0.15, -0.1) is 11.3 Å². The molecule has 4 heteroatoms. The van der Waals surface area contributed by atoms with Crippen LogP contribution in [0.4, 0.5) is 0 Å². The van der Waals surface area contributed by atoms with Gasteiger partial charge in [0.05, 0.1) is 10.7 Å². The molecule has 0 fully saturated rings. The maximum atomic E-state index is 6.16. The van der Waals surface area contributed by atoms with Gasteiger partial charge in [-0.3, -0.25) is 4.98 Å². The molecular weight excluding hydrogens is 242 g/mol. The lowest BCUT2D eigenvalue weighted by atomic mass is 10.1. The zero-order valence-corrected chi connectivity index (χ0v) is 11.7. The predicted octanol–water partition coefficient (Wildman–Crippen LogP) is 2.66. The quantitative estimate of drug-likeness (QED) is 0.900. The van der Waals surface area contributed by atoms with Crippen LogP contribution in [-0.2, 0) is 12.8 Å². The number of nitrogens with two attached hydrogens (primary N) is 1. The molecule has 0 spiro atoms. The molecule has 2 aromatic heterocycles. The second-order valence-electron chi connectivity index (χ2n) is 4.61. The number of pyridine rings is 1. The van der Waals surface area contributed by atoms with Crippen LogP contribution in [0.25, 0.3) is 0 Å². The molecule has 0 saturated carbocycles. The summed E-state index contributed by atoms with van der Waals surface area (Å²) in [5, 5.41) is 1.16. The fraction of sp³-hybridized carbons (Fsp3) is 0.429. The largest absolute Gasteiger partial charge is 0.327 e. The summed E-state index contributed by atoms with van der Waals surface area (Å²) < 4.78 is 0. The van der Waals surface area contributed by atoms with Crippen LogP contribution >= 0.6 is 11.3 Å². The summed E-state index contributed by atoms with van der Waals surface area (Å²) in [4.78, 5) is 9.84. The maximum Gasteiger partial charge on any atom is 0.0946 e. The van der Waals surface area contributed by atoms with Gasteiger partial charge in [0.15, 0.2) is 0 Å². The minimum absolute atomic E-state index is 0.183. The van der Waals surface area contributed by atoms with E-state index in [2.05, 4.69) is 23.8 Å². The molecule has 1 atom stereocenters. The highest BCUT2D eigenvalue weighted by Gasteiger charge is 2.09. The second-order valence-corrected chi connectivity index (χ2v) is 5.90. The standard InChI is InChI=1S/C14H19N3S/c1-10-11(2)18-14(17-10)9-13(15)4-3-12-5-7-16-8-6-12/h5-8,13H,3-4,9,15H2,1-2H3. The highest BCUT2D eigenvalue weighted by molar-refractivity contribution is 7.11. The Bertz CT molecular complexity index is 473. The molecular formula is C14H19N3S. The number of nitrogens with zero attached hydrogens (tertiary/aromatic N) is 2. The van der Waals surface area contributed by atoms with E-state index < -0.39 is 0 Å². The summed E-state index contributed by atoms with van der Waals surface area (Å²) in [6, 6.07) is 4.28. The van der Waals surface area contributed by atoms with E-state index in [1.54, 1.807) is 11.3 Å². The van der Waals surface area contributed by atoms with Crippen LogP contribution in [0, 0.1) is 13.8 Å². The van der Waals surface area contributed by atoms with Crippen molar-refractivity contribution >= 4 is 11.3 Å². The van der Waals surface area contributed by atoms with Gasteiger partial charge in [-0.1, -0.05) is 0 Å². The number of hydrogen-bond donors (Lipinski definition) is 1. The molecule has 96 valence electrons. The van der Waals surface area contributed by atoms with Crippen molar-refractivity contribution < 1.29 is 0 Å². The highest BCUT2D eigenvalue weighted by atomic mass is 32.1. The van der Waals surface area contributed by atoms with E-state index in [0.717, 1.165) is 30.0 Å². The highest BCUT2D eigenvalue weighted by Crippen LogP contribution is 2.18. The Hall–Kier alpha value is -1.26. The summed E-state index contributed by atoms with van der Waals surface area (Å²) >= 11 is 1.76. The number of aryl methyl sites for hydroxylation is 3. The third-order valence-corrected chi connectivity index (χ3v) is 4.16. The number of aromatic nitrogens is 2. The molecule has 0 aromatic carbocycles. The van der Waals surface area contributed by atoms with E-state index in [0.29, 0.717) is 0 Å². The van der Waals surface area contributed by atoms with Crippen LogP contribution in [0.2, 0.25) is 0 Å². The van der Waals surface area contributed by atoms with E-state index in [9.17, 15) is 0 Å². The van der Waals surface area contributed by atoms with E-state index in [1.165, 1.54) is 10.4 Å². The summed E-state index contributed by atoms with van der Waals surface area (Å²) in [6.45, 7) is 4.16. The molecule has 18 heavy (non-hydrogen) atoms. The molecule has 0 bridgehead atoms. The Balaban J connectivity index is 1.84. The minimum atomic E-state index is 0.183. The third-order valence-electron chi connectivity index (χ3n) is 3.06. The molecule has 0 saturated heterocycles. The second kappa shape index (κ2) is 6.07. The van der Waals surface area contributed by atoms with Crippen molar-refractivity contribution in [2.45, 2.75) is 39.2 Å². The first-order valence-electron chi connectivity index (χ1n) is 6.22. The molecule has 3 nitrogen and oxygen atoms in total. The Morgan fingerprint density at radius 3 is 2.61 bits per heavy atom. The van der Waals surface area contributed by atoms with Crippen LogP contribution in [-0.4, -0.2) is 16.0 Å². The van der Waals surface area contributed by atoms with Gasteiger partial charge in [-0.25, -0.2) is 4.98 Å². The number of thiazole rings is 1. The number of hydrogen-bond acceptors (Lipinski definition) is 4. The van der Waals surface area contributed by atoms with Gasteiger partial charge in [0.25, 0.3) is 0 Å². The first-order chi connectivity index (χ1) is 8.65. The Morgan fingerprint density at radius 2 is 2.00 bits per heavy atom. The summed E-state index contributed by atoms with van der Waals surface area (Å²) in [7, 11) is 0. The minimum Gasteiger partial charge on any atom is -0.327 e. The molecule has 2 rings (SSSR count). The van der Waals surface area contributed by atoms with Gasteiger partial charge in [0, 0.05) is 29.7 Å². The first-order valence-corrected chi connectivity index (χ1v) is 7.04. The smallest absolute Gasteiger partial charge is 0.0946 e. The maximum absolute atomic E-state index is 6.16. The monoisotopic (exact) mass is 261 g/mol. The van der Waals surface area contributed by atoms with E-state index in [-0.39, 0.29) is 6.04 Å². The van der Waals surface area contributed by atoms with Crippen LogP contribution in [0.3, 0.4) is 0 Å². The van der Waals surface area contributed by atoms with Gasteiger partial charge in [-0.05, 0) is 44.4 Å². The van der Waals surface area contributed by atoms with E-state index in [4.69, 9.17) is 5.73 Å². The van der Waals surface area contributed by atoms with Crippen molar-refractivity contribution in [3.8, 4) is 0 Å². The van der Waals surface area contributed by atoms with Crippen LogP contribution in [0.5, 0.6) is 0 Å². The Labute approximate surface area is 112 Å². The topological polar surface area (TPSA) is 51.8 Å². The molecule has 0 aliphatic rings. The van der Waals surface area contributed by atoms with Crippen molar-refractivity contribution in [2.24, 2.45) is 5.73 Å². The van der Waals surface area contributed by atoms with Crippen molar-refractivity contribution in [3.63, 3.8) is 0 Å². The van der Waals surface area contributed by atoms with Crippen molar-refractivity contribution in [3.05, 3.63) is 45.7 Å². The van der Waals surface area contributed by atoms with Gasteiger partial charge in [-0.2, -0.15) is 0 Å². The predicted molar refractivity (Wildman–Crippen MR) is 75.8 cm³/mol. The van der Waals surface area contributed by atoms with Gasteiger partial charge < -0.3 is 5.73 Å². The fourth-order valence-corrected chi connectivity index (χ4v) is 2.88. The Morgan fingerprint density at radius 1 is 1.28 bits per heavy atom. The van der Waals surface area contributed by atoms with E-state index in [1.807, 2.05) is 24.5 Å². The summed E-state index contributed by atoms with van der Waals surface area (Å²) in [5.74, 6) is 0. The molecule has 1 unspecified atom stereocenters.